The molecular formula is C15H24N4O2S3. The van der Waals surface area contributed by atoms with Gasteiger partial charge in [0.05, 0.1) is 11.0 Å². The molecule has 0 bridgehead atoms. The quantitative estimate of drug-likeness (QED) is 0.633. The van der Waals surface area contributed by atoms with Gasteiger partial charge in [-0.2, -0.15) is 0 Å². The van der Waals surface area contributed by atoms with Crippen LogP contribution in [0.2, 0.25) is 0 Å². The Morgan fingerprint density at radius 2 is 2.00 bits per heavy atom. The molecule has 1 saturated carbocycles. The topological polar surface area (TPSA) is 84.0 Å². The zero-order chi connectivity index (χ0) is 17.4. The standard InChI is InChI=1S/C15H24N4O2S3/c1-3-8-16-12(20)9-22-14-18-19-15(24-14)23-10(2)13(21)17-11-6-4-5-7-11/h10-11H,3-9H2,1-2H3,(H,16,20)(H,17,21)/t10-/m0/s1. The molecule has 2 rings (SSSR count). The highest BCUT2D eigenvalue weighted by molar-refractivity contribution is 8.04. The van der Waals surface area contributed by atoms with E-state index in [0.717, 1.165) is 27.9 Å². The summed E-state index contributed by atoms with van der Waals surface area (Å²) in [5.41, 5.74) is 0. The second kappa shape index (κ2) is 10.2. The lowest BCUT2D eigenvalue weighted by Gasteiger charge is -2.15. The average molecular weight is 389 g/mol. The van der Waals surface area contributed by atoms with E-state index in [9.17, 15) is 9.59 Å². The van der Waals surface area contributed by atoms with Crippen molar-refractivity contribution in [1.82, 2.24) is 20.8 Å². The SMILES string of the molecule is CCCNC(=O)CSc1nnc(S[C@@H](C)C(=O)NC2CCCC2)s1. The Kier molecular flexibility index (Phi) is 8.34. The lowest BCUT2D eigenvalue weighted by molar-refractivity contribution is -0.121. The molecule has 0 aliphatic heterocycles. The number of nitrogens with one attached hydrogen (secondary N) is 2. The van der Waals surface area contributed by atoms with Crippen LogP contribution in [0.4, 0.5) is 0 Å². The second-order valence-electron chi connectivity index (χ2n) is 5.72. The molecule has 24 heavy (non-hydrogen) atoms. The molecule has 9 heteroatoms. The first-order valence-corrected chi connectivity index (χ1v) is 11.0. The van der Waals surface area contributed by atoms with Crippen molar-refractivity contribution >= 4 is 46.7 Å². The average Bonchev–Trinajstić information content (AvgIpc) is 3.22. The van der Waals surface area contributed by atoms with Crippen LogP contribution < -0.4 is 10.6 Å². The number of hydrogen-bond donors (Lipinski definition) is 2. The number of nitrogens with zero attached hydrogens (tertiary/aromatic N) is 2. The molecule has 0 radical (unpaired) electrons. The lowest BCUT2D eigenvalue weighted by Crippen LogP contribution is -2.37. The van der Waals surface area contributed by atoms with Gasteiger partial charge >= 0.3 is 0 Å². The zero-order valence-electron chi connectivity index (χ0n) is 14.0. The molecule has 0 unspecified atom stereocenters. The first-order valence-electron chi connectivity index (χ1n) is 8.28. The van der Waals surface area contributed by atoms with Gasteiger partial charge in [0.25, 0.3) is 0 Å². The van der Waals surface area contributed by atoms with Gasteiger partial charge in [0, 0.05) is 12.6 Å². The van der Waals surface area contributed by atoms with Crippen LogP contribution in [0.3, 0.4) is 0 Å². The predicted octanol–water partition coefficient (Wildman–Crippen LogP) is 2.70. The molecule has 0 spiro atoms. The van der Waals surface area contributed by atoms with Gasteiger partial charge in [0.1, 0.15) is 0 Å². The second-order valence-corrected chi connectivity index (χ2v) is 9.51. The normalized spacial score (nSPS) is 16.1. The number of carbonyl (C=O) groups is 2. The van der Waals surface area contributed by atoms with Crippen LogP contribution in [0.15, 0.2) is 8.68 Å². The highest BCUT2D eigenvalue weighted by Crippen LogP contribution is 2.31. The third-order valence-electron chi connectivity index (χ3n) is 3.64. The highest BCUT2D eigenvalue weighted by Gasteiger charge is 2.22. The maximum absolute atomic E-state index is 12.2. The summed E-state index contributed by atoms with van der Waals surface area (Å²) < 4.78 is 1.52. The number of carbonyl (C=O) groups excluding carboxylic acids is 2. The van der Waals surface area contributed by atoms with Crippen LogP contribution in [0, 0.1) is 0 Å². The first-order chi connectivity index (χ1) is 11.6. The number of aromatic nitrogens is 2. The van der Waals surface area contributed by atoms with E-state index in [2.05, 4.69) is 20.8 Å². The Hall–Kier alpha value is -0.800. The van der Waals surface area contributed by atoms with Crippen molar-refractivity contribution in [3.63, 3.8) is 0 Å². The summed E-state index contributed by atoms with van der Waals surface area (Å²) >= 11 is 4.23. The van der Waals surface area contributed by atoms with E-state index in [1.54, 1.807) is 0 Å². The van der Waals surface area contributed by atoms with E-state index < -0.39 is 0 Å². The highest BCUT2D eigenvalue weighted by atomic mass is 32.2. The van der Waals surface area contributed by atoms with Crippen molar-refractivity contribution in [3.05, 3.63) is 0 Å². The van der Waals surface area contributed by atoms with Crippen LogP contribution in [-0.4, -0.2) is 45.6 Å². The van der Waals surface area contributed by atoms with Gasteiger partial charge in [-0.1, -0.05) is 54.6 Å². The minimum Gasteiger partial charge on any atom is -0.355 e. The van der Waals surface area contributed by atoms with Gasteiger partial charge in [-0.3, -0.25) is 9.59 Å². The van der Waals surface area contributed by atoms with Crippen molar-refractivity contribution < 1.29 is 9.59 Å². The van der Waals surface area contributed by atoms with Crippen LogP contribution in [-0.2, 0) is 9.59 Å². The molecule has 1 aromatic rings. The Bertz CT molecular complexity index is 547. The first kappa shape index (κ1) is 19.5. The number of rotatable bonds is 9. The summed E-state index contributed by atoms with van der Waals surface area (Å²) in [5.74, 6) is 0.419. The molecule has 6 nitrogen and oxygen atoms in total. The lowest BCUT2D eigenvalue weighted by atomic mass is 10.2. The molecule has 0 saturated heterocycles. The smallest absolute Gasteiger partial charge is 0.233 e. The largest absolute Gasteiger partial charge is 0.355 e. The number of thioether (sulfide) groups is 2. The maximum atomic E-state index is 12.2. The number of hydrogen-bond acceptors (Lipinski definition) is 7. The summed E-state index contributed by atoms with van der Waals surface area (Å²) in [6.07, 6.45) is 5.51. The van der Waals surface area contributed by atoms with Gasteiger partial charge in [-0.05, 0) is 26.2 Å². The van der Waals surface area contributed by atoms with Crippen molar-refractivity contribution in [2.45, 2.75) is 65.9 Å². The van der Waals surface area contributed by atoms with Crippen molar-refractivity contribution in [2.75, 3.05) is 12.3 Å². The molecule has 1 heterocycles. The predicted molar refractivity (Wildman–Crippen MR) is 99.7 cm³/mol. The van der Waals surface area contributed by atoms with Gasteiger partial charge < -0.3 is 10.6 Å². The van der Waals surface area contributed by atoms with Crippen molar-refractivity contribution in [1.29, 1.82) is 0 Å². The fraction of sp³-hybridized carbons (Fsp3) is 0.733. The molecular weight excluding hydrogens is 364 g/mol. The number of amides is 2. The molecule has 1 aromatic heterocycles. The molecule has 1 aliphatic carbocycles. The van der Waals surface area contributed by atoms with E-state index in [-0.39, 0.29) is 17.1 Å². The van der Waals surface area contributed by atoms with Gasteiger partial charge in [0.15, 0.2) is 8.68 Å². The Morgan fingerprint density at radius 3 is 2.71 bits per heavy atom. The van der Waals surface area contributed by atoms with Gasteiger partial charge in [-0.15, -0.1) is 10.2 Å². The van der Waals surface area contributed by atoms with Gasteiger partial charge in [-0.25, -0.2) is 0 Å². The third kappa shape index (κ3) is 6.60. The van der Waals surface area contributed by atoms with Crippen LogP contribution in [0.25, 0.3) is 0 Å². The Labute approximate surface area is 155 Å². The third-order valence-corrected chi connectivity index (χ3v) is 6.88. The Morgan fingerprint density at radius 1 is 1.29 bits per heavy atom. The molecule has 0 aromatic carbocycles. The Balaban J connectivity index is 1.73. The fourth-order valence-electron chi connectivity index (χ4n) is 2.34. The van der Waals surface area contributed by atoms with Crippen molar-refractivity contribution in [3.8, 4) is 0 Å². The van der Waals surface area contributed by atoms with Crippen LogP contribution in [0.5, 0.6) is 0 Å². The maximum Gasteiger partial charge on any atom is 0.233 e. The van der Waals surface area contributed by atoms with E-state index in [4.69, 9.17) is 0 Å². The summed E-state index contributed by atoms with van der Waals surface area (Å²) in [6, 6.07) is 0.336. The zero-order valence-corrected chi connectivity index (χ0v) is 16.5. The van der Waals surface area contributed by atoms with E-state index in [0.29, 0.717) is 18.3 Å². The molecule has 2 amide bonds. The van der Waals surface area contributed by atoms with E-state index in [1.807, 2.05) is 13.8 Å². The van der Waals surface area contributed by atoms with Crippen LogP contribution in [0.1, 0.15) is 46.0 Å². The summed E-state index contributed by atoms with van der Waals surface area (Å²) in [7, 11) is 0. The van der Waals surface area contributed by atoms with Crippen molar-refractivity contribution in [2.24, 2.45) is 0 Å². The molecule has 2 N–H and O–H groups in total. The molecule has 1 aliphatic rings. The summed E-state index contributed by atoms with van der Waals surface area (Å²) in [6.45, 7) is 4.61. The van der Waals surface area contributed by atoms with E-state index >= 15 is 0 Å². The van der Waals surface area contributed by atoms with E-state index in [1.165, 1.54) is 47.7 Å². The van der Waals surface area contributed by atoms with Gasteiger partial charge in [0.2, 0.25) is 11.8 Å². The minimum absolute atomic E-state index is 0.00978. The van der Waals surface area contributed by atoms with Crippen LogP contribution >= 0.6 is 34.9 Å². The molecule has 1 atom stereocenters. The fourth-order valence-corrected chi connectivity index (χ4v) is 5.34. The monoisotopic (exact) mass is 388 g/mol. The molecule has 134 valence electrons. The summed E-state index contributed by atoms with van der Waals surface area (Å²) in [4.78, 5) is 23.8. The molecule has 1 fully saturated rings. The summed E-state index contributed by atoms with van der Waals surface area (Å²) in [5, 5.41) is 13.9. The minimum atomic E-state index is -0.191.